The summed E-state index contributed by atoms with van der Waals surface area (Å²) in [5, 5.41) is 13.3. The normalized spacial score (nSPS) is 19.5. The first-order valence-corrected chi connectivity index (χ1v) is 11.5. The molecule has 1 aliphatic rings. The maximum atomic E-state index is 13.1. The molecular weight excluding hydrogens is 432 g/mol. The number of para-hydroxylation sites is 1. The summed E-state index contributed by atoms with van der Waals surface area (Å²) in [5.41, 5.74) is 2.21. The van der Waals surface area contributed by atoms with Gasteiger partial charge in [0, 0.05) is 23.6 Å². The number of carbonyl (C=O) groups excluding carboxylic acids is 1. The van der Waals surface area contributed by atoms with E-state index in [2.05, 4.69) is 49.5 Å². The molecule has 4 rings (SSSR count). The molecule has 1 heterocycles. The summed E-state index contributed by atoms with van der Waals surface area (Å²) in [6.45, 7) is 4.39. The lowest BCUT2D eigenvalue weighted by Crippen LogP contribution is -2.48. The minimum Gasteiger partial charge on any atom is -0.454 e. The zero-order valence-electron chi connectivity index (χ0n) is 18.8. The standard InChI is InChI=1S/C28H27ClN2O2/c1-28(2)17-19(14-24(31-28)20-8-4-3-5-9-20)15-25(32)21-12-13-27(23(29)16-21)33-26-11-7-6-10-22(26)18-30/h3-13,16,19,24,31H,14-15,17H2,1-2H3. The number of nitrogens with zero attached hydrogens (tertiary/aromatic N) is 1. The summed E-state index contributed by atoms with van der Waals surface area (Å²) in [6, 6.07) is 24.8. The van der Waals surface area contributed by atoms with Gasteiger partial charge in [-0.3, -0.25) is 4.79 Å². The van der Waals surface area contributed by atoms with Gasteiger partial charge in [-0.15, -0.1) is 0 Å². The number of piperidine rings is 1. The van der Waals surface area contributed by atoms with Crippen molar-refractivity contribution in [2.45, 2.75) is 44.7 Å². The number of carbonyl (C=O) groups is 1. The van der Waals surface area contributed by atoms with Crippen molar-refractivity contribution in [3.05, 3.63) is 94.5 Å². The second-order valence-corrected chi connectivity index (χ2v) is 9.69. The largest absolute Gasteiger partial charge is 0.454 e. The van der Waals surface area contributed by atoms with Crippen LogP contribution in [0.15, 0.2) is 72.8 Å². The van der Waals surface area contributed by atoms with Gasteiger partial charge in [-0.05, 0) is 68.5 Å². The summed E-state index contributed by atoms with van der Waals surface area (Å²) in [5.74, 6) is 1.21. The van der Waals surface area contributed by atoms with Gasteiger partial charge in [0.1, 0.15) is 17.6 Å². The van der Waals surface area contributed by atoms with Crippen molar-refractivity contribution in [2.24, 2.45) is 5.92 Å². The van der Waals surface area contributed by atoms with E-state index in [9.17, 15) is 10.1 Å². The highest BCUT2D eigenvalue weighted by molar-refractivity contribution is 6.32. The van der Waals surface area contributed by atoms with E-state index in [4.69, 9.17) is 16.3 Å². The molecule has 33 heavy (non-hydrogen) atoms. The summed E-state index contributed by atoms with van der Waals surface area (Å²) < 4.78 is 5.83. The van der Waals surface area contributed by atoms with Crippen molar-refractivity contribution < 1.29 is 9.53 Å². The Bertz CT molecular complexity index is 1180. The topological polar surface area (TPSA) is 62.1 Å². The van der Waals surface area contributed by atoms with E-state index in [0.717, 1.165) is 12.8 Å². The van der Waals surface area contributed by atoms with Crippen LogP contribution >= 0.6 is 11.6 Å². The first-order valence-electron chi connectivity index (χ1n) is 11.2. The van der Waals surface area contributed by atoms with Crippen molar-refractivity contribution in [3.8, 4) is 17.6 Å². The van der Waals surface area contributed by atoms with Crippen LogP contribution in [0, 0.1) is 17.2 Å². The SMILES string of the molecule is CC1(C)CC(CC(=O)c2ccc(Oc3ccccc3C#N)c(Cl)c2)CC(c2ccccc2)N1. The van der Waals surface area contributed by atoms with E-state index in [1.807, 2.05) is 6.07 Å². The second kappa shape index (κ2) is 9.79. The molecule has 3 aromatic carbocycles. The first-order chi connectivity index (χ1) is 15.8. The zero-order chi connectivity index (χ0) is 23.4. The Morgan fingerprint density at radius 3 is 2.55 bits per heavy atom. The van der Waals surface area contributed by atoms with Crippen LogP contribution in [0.3, 0.4) is 0 Å². The van der Waals surface area contributed by atoms with Crippen molar-refractivity contribution in [1.29, 1.82) is 5.26 Å². The minimum atomic E-state index is -0.0484. The zero-order valence-corrected chi connectivity index (χ0v) is 19.6. The van der Waals surface area contributed by atoms with Gasteiger partial charge in [-0.25, -0.2) is 0 Å². The van der Waals surface area contributed by atoms with Crippen LogP contribution in [0.5, 0.6) is 11.5 Å². The number of ketones is 1. The Balaban J connectivity index is 1.47. The molecule has 0 saturated carbocycles. The van der Waals surface area contributed by atoms with Gasteiger partial charge in [-0.2, -0.15) is 5.26 Å². The van der Waals surface area contributed by atoms with Gasteiger partial charge >= 0.3 is 0 Å². The number of nitriles is 1. The molecule has 3 aromatic rings. The number of Topliss-reactive ketones (excluding diaryl/α,β-unsaturated/α-hetero) is 1. The van der Waals surface area contributed by atoms with Gasteiger partial charge in [0.15, 0.2) is 5.78 Å². The van der Waals surface area contributed by atoms with Crippen LogP contribution < -0.4 is 10.1 Å². The molecule has 1 aliphatic heterocycles. The Hall–Kier alpha value is -3.13. The minimum absolute atomic E-state index is 0.0484. The van der Waals surface area contributed by atoms with Crippen LogP contribution in [0.4, 0.5) is 0 Å². The molecule has 168 valence electrons. The van der Waals surface area contributed by atoms with Gasteiger partial charge in [0.05, 0.1) is 10.6 Å². The predicted octanol–water partition coefficient (Wildman–Crippen LogP) is 7.10. The van der Waals surface area contributed by atoms with Crippen LogP contribution in [0.25, 0.3) is 0 Å². The molecule has 0 spiro atoms. The average Bonchev–Trinajstić information content (AvgIpc) is 2.80. The van der Waals surface area contributed by atoms with Crippen molar-refractivity contribution in [3.63, 3.8) is 0 Å². The molecule has 0 aliphatic carbocycles. The predicted molar refractivity (Wildman–Crippen MR) is 131 cm³/mol. The Labute approximate surface area is 200 Å². The molecule has 0 radical (unpaired) electrons. The molecule has 0 bridgehead atoms. The summed E-state index contributed by atoms with van der Waals surface area (Å²) in [4.78, 5) is 13.1. The highest BCUT2D eigenvalue weighted by Crippen LogP contribution is 2.38. The van der Waals surface area contributed by atoms with Crippen LogP contribution in [-0.2, 0) is 0 Å². The average molecular weight is 459 g/mol. The molecule has 0 aromatic heterocycles. The summed E-state index contributed by atoms with van der Waals surface area (Å²) >= 11 is 6.44. The molecular formula is C28H27ClN2O2. The third-order valence-corrected chi connectivity index (χ3v) is 6.39. The van der Waals surface area contributed by atoms with Gasteiger partial charge in [0.25, 0.3) is 0 Å². The van der Waals surface area contributed by atoms with Crippen LogP contribution in [-0.4, -0.2) is 11.3 Å². The van der Waals surface area contributed by atoms with E-state index in [1.165, 1.54) is 5.56 Å². The smallest absolute Gasteiger partial charge is 0.163 e. The van der Waals surface area contributed by atoms with Gasteiger partial charge < -0.3 is 10.1 Å². The number of halogens is 1. The summed E-state index contributed by atoms with van der Waals surface area (Å²) in [7, 11) is 0. The maximum absolute atomic E-state index is 13.1. The number of rotatable bonds is 6. The number of benzene rings is 3. The van der Waals surface area contributed by atoms with E-state index < -0.39 is 0 Å². The molecule has 0 amide bonds. The molecule has 5 heteroatoms. The molecule has 1 saturated heterocycles. The third-order valence-electron chi connectivity index (χ3n) is 6.09. The van der Waals surface area contributed by atoms with Gasteiger partial charge in [0.2, 0.25) is 0 Å². The Morgan fingerprint density at radius 2 is 1.82 bits per heavy atom. The van der Waals surface area contributed by atoms with Gasteiger partial charge in [-0.1, -0.05) is 54.1 Å². The fraction of sp³-hybridized carbons (Fsp3) is 0.286. The number of nitrogens with one attached hydrogen (secondary N) is 1. The highest BCUT2D eigenvalue weighted by atomic mass is 35.5. The lowest BCUT2D eigenvalue weighted by molar-refractivity contribution is 0.0915. The molecule has 2 atom stereocenters. The van der Waals surface area contributed by atoms with Crippen LogP contribution in [0.1, 0.15) is 60.6 Å². The molecule has 4 nitrogen and oxygen atoms in total. The van der Waals surface area contributed by atoms with Crippen LogP contribution in [0.2, 0.25) is 5.02 Å². The molecule has 1 fully saturated rings. The number of hydrogen-bond donors (Lipinski definition) is 1. The maximum Gasteiger partial charge on any atom is 0.163 e. The number of hydrogen-bond acceptors (Lipinski definition) is 4. The van der Waals surface area contributed by atoms with Crippen molar-refractivity contribution in [2.75, 3.05) is 0 Å². The fourth-order valence-electron chi connectivity index (χ4n) is 4.69. The fourth-order valence-corrected chi connectivity index (χ4v) is 4.91. The lowest BCUT2D eigenvalue weighted by Gasteiger charge is -2.42. The third kappa shape index (κ3) is 5.63. The monoisotopic (exact) mass is 458 g/mol. The number of ether oxygens (including phenoxy) is 1. The lowest BCUT2D eigenvalue weighted by atomic mass is 9.76. The quantitative estimate of drug-likeness (QED) is 0.400. The molecule has 1 N–H and O–H groups in total. The van der Waals surface area contributed by atoms with E-state index in [0.29, 0.717) is 34.1 Å². The van der Waals surface area contributed by atoms with Crippen molar-refractivity contribution in [1.82, 2.24) is 5.32 Å². The van der Waals surface area contributed by atoms with E-state index >= 15 is 0 Å². The van der Waals surface area contributed by atoms with Crippen molar-refractivity contribution >= 4 is 17.4 Å². The Kier molecular flexibility index (Phi) is 6.83. The summed E-state index contributed by atoms with van der Waals surface area (Å²) in [6.07, 6.45) is 2.32. The first kappa shape index (κ1) is 23.0. The van der Waals surface area contributed by atoms with E-state index in [-0.39, 0.29) is 23.3 Å². The highest BCUT2D eigenvalue weighted by Gasteiger charge is 2.34. The second-order valence-electron chi connectivity index (χ2n) is 9.28. The molecule has 2 unspecified atom stereocenters. The Morgan fingerprint density at radius 1 is 1.09 bits per heavy atom. The van der Waals surface area contributed by atoms with E-state index in [1.54, 1.807) is 42.5 Å².